The van der Waals surface area contributed by atoms with Crippen molar-refractivity contribution >= 4 is 11.6 Å². The molecule has 32 heavy (non-hydrogen) atoms. The summed E-state index contributed by atoms with van der Waals surface area (Å²) in [7, 11) is 0. The lowest BCUT2D eigenvalue weighted by Crippen LogP contribution is -2.55. The highest BCUT2D eigenvalue weighted by atomic mass is 35.5. The Morgan fingerprint density at radius 2 is 1.59 bits per heavy atom. The predicted octanol–water partition coefficient (Wildman–Crippen LogP) is 2.17. The van der Waals surface area contributed by atoms with Gasteiger partial charge in [0.2, 0.25) is 0 Å². The van der Waals surface area contributed by atoms with Crippen LogP contribution in [0.15, 0.2) is 30.3 Å². The van der Waals surface area contributed by atoms with Crippen LogP contribution in [0.2, 0.25) is 5.02 Å². The van der Waals surface area contributed by atoms with Crippen LogP contribution in [0.1, 0.15) is 41.7 Å². The van der Waals surface area contributed by atoms with E-state index in [9.17, 15) is 20.4 Å². The van der Waals surface area contributed by atoms with Crippen LogP contribution in [0.25, 0.3) is 0 Å². The summed E-state index contributed by atoms with van der Waals surface area (Å²) < 4.78 is 17.6. The van der Waals surface area contributed by atoms with E-state index < -0.39 is 37.1 Å². The van der Waals surface area contributed by atoms with Crippen LogP contribution in [0.5, 0.6) is 11.5 Å². The molecule has 174 valence electrons. The molecule has 1 saturated heterocycles. The highest BCUT2D eigenvalue weighted by molar-refractivity contribution is 6.33. The Balaban J connectivity index is 1.77. The summed E-state index contributed by atoms with van der Waals surface area (Å²) in [6.45, 7) is 2.41. The molecule has 1 fully saturated rings. The highest BCUT2D eigenvalue weighted by Crippen LogP contribution is 2.47. The third kappa shape index (κ3) is 4.46. The predicted molar refractivity (Wildman–Crippen MR) is 118 cm³/mol. The van der Waals surface area contributed by atoms with Gasteiger partial charge >= 0.3 is 0 Å². The molecule has 2 aliphatic heterocycles. The fourth-order valence-corrected chi connectivity index (χ4v) is 4.45. The van der Waals surface area contributed by atoms with Gasteiger partial charge in [0.15, 0.2) is 11.5 Å². The second kappa shape index (κ2) is 9.95. The van der Waals surface area contributed by atoms with Gasteiger partial charge in [-0.1, -0.05) is 42.8 Å². The molecule has 0 bridgehead atoms. The molecule has 2 aromatic rings. The third-order valence-corrected chi connectivity index (χ3v) is 6.50. The summed E-state index contributed by atoms with van der Waals surface area (Å²) in [5.74, 6) is 0.723. The van der Waals surface area contributed by atoms with Crippen molar-refractivity contribution in [2.24, 2.45) is 0 Å². The Hall–Kier alpha value is -1.87. The molecule has 2 heterocycles. The minimum absolute atomic E-state index is 0.349. The fraction of sp³-hybridized carbons (Fsp3) is 0.500. The number of rotatable bonds is 5. The lowest BCUT2D eigenvalue weighted by Gasteiger charge is -2.40. The SMILES string of the molecule is CCc1ccc(Cc2cc([C@@H]3OC(CO)[C@@H](O)[C@H](O)[C@H]3O)c3c(c2Cl)OCCCO3)cc1. The lowest BCUT2D eigenvalue weighted by atomic mass is 9.89. The van der Waals surface area contributed by atoms with Gasteiger partial charge in [-0.2, -0.15) is 0 Å². The van der Waals surface area contributed by atoms with E-state index in [2.05, 4.69) is 19.1 Å². The Labute approximate surface area is 192 Å². The summed E-state index contributed by atoms with van der Waals surface area (Å²) in [5.41, 5.74) is 3.51. The van der Waals surface area contributed by atoms with Gasteiger partial charge < -0.3 is 34.6 Å². The zero-order valence-electron chi connectivity index (χ0n) is 17.9. The van der Waals surface area contributed by atoms with Gasteiger partial charge in [0.05, 0.1) is 24.8 Å². The third-order valence-electron chi connectivity index (χ3n) is 6.09. The van der Waals surface area contributed by atoms with E-state index in [0.29, 0.717) is 48.1 Å². The van der Waals surface area contributed by atoms with Crippen LogP contribution in [-0.2, 0) is 17.6 Å². The van der Waals surface area contributed by atoms with Crippen LogP contribution >= 0.6 is 11.6 Å². The number of ether oxygens (including phenoxy) is 3. The summed E-state index contributed by atoms with van der Waals surface area (Å²) in [6.07, 6.45) is -4.30. The summed E-state index contributed by atoms with van der Waals surface area (Å²) in [5, 5.41) is 41.2. The highest BCUT2D eigenvalue weighted by Gasteiger charge is 2.45. The number of aryl methyl sites for hydroxylation is 1. The Bertz CT molecular complexity index is 931. The van der Waals surface area contributed by atoms with Crippen molar-refractivity contribution in [1.82, 2.24) is 0 Å². The molecule has 5 atom stereocenters. The molecule has 0 radical (unpaired) electrons. The molecule has 2 aromatic carbocycles. The van der Waals surface area contributed by atoms with Gasteiger partial charge in [-0.05, 0) is 35.6 Å². The number of aliphatic hydroxyl groups excluding tert-OH is 4. The van der Waals surface area contributed by atoms with E-state index >= 15 is 0 Å². The lowest BCUT2D eigenvalue weighted by molar-refractivity contribution is -0.232. The van der Waals surface area contributed by atoms with Gasteiger partial charge in [0, 0.05) is 12.0 Å². The molecule has 0 aliphatic carbocycles. The number of halogens is 1. The molecule has 1 unspecified atom stereocenters. The Morgan fingerprint density at radius 1 is 0.938 bits per heavy atom. The first-order valence-corrected chi connectivity index (χ1v) is 11.3. The summed E-state index contributed by atoms with van der Waals surface area (Å²) in [4.78, 5) is 0. The van der Waals surface area contributed by atoms with E-state index in [0.717, 1.165) is 17.5 Å². The molecule has 4 N–H and O–H groups in total. The Morgan fingerprint density at radius 3 is 2.25 bits per heavy atom. The van der Waals surface area contributed by atoms with Crippen molar-refractivity contribution in [1.29, 1.82) is 0 Å². The smallest absolute Gasteiger partial charge is 0.180 e. The van der Waals surface area contributed by atoms with Gasteiger partial charge in [0.25, 0.3) is 0 Å². The van der Waals surface area contributed by atoms with Crippen molar-refractivity contribution in [3.8, 4) is 11.5 Å². The topological polar surface area (TPSA) is 109 Å². The van der Waals surface area contributed by atoms with E-state index in [1.54, 1.807) is 6.07 Å². The van der Waals surface area contributed by atoms with Crippen LogP contribution < -0.4 is 9.47 Å². The molecule has 4 rings (SSSR count). The van der Waals surface area contributed by atoms with E-state index in [1.165, 1.54) is 5.56 Å². The van der Waals surface area contributed by atoms with E-state index in [4.69, 9.17) is 25.8 Å². The number of benzene rings is 2. The Kier molecular flexibility index (Phi) is 7.24. The average Bonchev–Trinajstić information content (AvgIpc) is 3.07. The zero-order chi connectivity index (χ0) is 22.8. The second-order valence-electron chi connectivity index (χ2n) is 8.24. The van der Waals surface area contributed by atoms with Crippen molar-refractivity contribution in [2.75, 3.05) is 19.8 Å². The monoisotopic (exact) mass is 464 g/mol. The summed E-state index contributed by atoms with van der Waals surface area (Å²) >= 11 is 6.73. The van der Waals surface area contributed by atoms with Gasteiger partial charge in [-0.3, -0.25) is 0 Å². The largest absolute Gasteiger partial charge is 0.489 e. The van der Waals surface area contributed by atoms with Crippen LogP contribution in [0.4, 0.5) is 0 Å². The normalized spacial score (nSPS) is 27.8. The molecule has 0 amide bonds. The van der Waals surface area contributed by atoms with Crippen LogP contribution in [-0.4, -0.2) is 64.7 Å². The molecular formula is C24H29ClO7. The molecular weight excluding hydrogens is 436 g/mol. The standard InChI is InChI=1S/C24H29ClO7/c1-2-13-4-6-14(7-5-13)10-15-11-16(23-24(18(15)25)31-9-3-8-30-23)22-21(29)20(28)19(27)17(12-26)32-22/h4-7,11,17,19-22,26-29H,2-3,8-10,12H2,1H3/t17?,19-,20+,21-,22+/m1/s1. The van der Waals surface area contributed by atoms with E-state index in [1.807, 2.05) is 12.1 Å². The first-order valence-electron chi connectivity index (χ1n) is 10.9. The minimum Gasteiger partial charge on any atom is -0.489 e. The molecule has 7 nitrogen and oxygen atoms in total. The van der Waals surface area contributed by atoms with Gasteiger partial charge in [-0.15, -0.1) is 0 Å². The molecule has 8 heteroatoms. The number of aliphatic hydroxyl groups is 4. The number of hydrogen-bond donors (Lipinski definition) is 4. The molecule has 2 aliphatic rings. The quantitative estimate of drug-likeness (QED) is 0.537. The summed E-state index contributed by atoms with van der Waals surface area (Å²) in [6, 6.07) is 10.0. The van der Waals surface area contributed by atoms with Crippen LogP contribution in [0, 0.1) is 0 Å². The van der Waals surface area contributed by atoms with Crippen molar-refractivity contribution in [3.63, 3.8) is 0 Å². The van der Waals surface area contributed by atoms with Gasteiger partial charge in [-0.25, -0.2) is 0 Å². The van der Waals surface area contributed by atoms with Crippen molar-refractivity contribution in [2.45, 2.75) is 56.7 Å². The maximum atomic E-state index is 10.7. The van der Waals surface area contributed by atoms with Crippen molar-refractivity contribution in [3.05, 3.63) is 57.6 Å². The number of fused-ring (bicyclic) bond motifs is 1. The maximum absolute atomic E-state index is 10.7. The fourth-order valence-electron chi connectivity index (χ4n) is 4.19. The molecule has 0 saturated carbocycles. The van der Waals surface area contributed by atoms with Gasteiger partial charge in [0.1, 0.15) is 30.5 Å². The minimum atomic E-state index is -1.49. The first-order chi connectivity index (χ1) is 15.4. The number of hydrogen-bond acceptors (Lipinski definition) is 7. The molecule has 0 spiro atoms. The van der Waals surface area contributed by atoms with Crippen LogP contribution in [0.3, 0.4) is 0 Å². The average molecular weight is 465 g/mol. The van der Waals surface area contributed by atoms with Crippen molar-refractivity contribution < 1.29 is 34.6 Å². The van der Waals surface area contributed by atoms with E-state index in [-0.39, 0.29) is 0 Å². The second-order valence-corrected chi connectivity index (χ2v) is 8.62. The maximum Gasteiger partial charge on any atom is 0.180 e. The first kappa shape index (κ1) is 23.3. The molecule has 0 aromatic heterocycles. The zero-order valence-corrected chi connectivity index (χ0v) is 18.7.